The molecule has 1 unspecified atom stereocenters. The third-order valence-electron chi connectivity index (χ3n) is 2.80. The van der Waals surface area contributed by atoms with Crippen LogP contribution < -0.4 is 11.1 Å². The number of oxazole rings is 1. The van der Waals surface area contributed by atoms with Crippen LogP contribution in [0.3, 0.4) is 0 Å². The molecule has 1 heterocycles. The molecule has 0 radical (unpaired) electrons. The van der Waals surface area contributed by atoms with Gasteiger partial charge >= 0.3 is 0 Å². The number of amides is 1. The first-order valence-corrected chi connectivity index (χ1v) is 6.25. The molecule has 1 amide bonds. The number of aromatic nitrogens is 1. The van der Waals surface area contributed by atoms with Gasteiger partial charge in [0.25, 0.3) is 5.91 Å². The van der Waals surface area contributed by atoms with Crippen LogP contribution in [0, 0.1) is 6.92 Å². The van der Waals surface area contributed by atoms with Gasteiger partial charge in [0, 0.05) is 6.54 Å². The molecule has 20 heavy (non-hydrogen) atoms. The lowest BCUT2D eigenvalue weighted by Gasteiger charge is -2.04. The number of nitrogens with one attached hydrogen (secondary N) is 1. The van der Waals surface area contributed by atoms with E-state index >= 15 is 0 Å². The number of hydrogen-bond donors (Lipinski definition) is 3. The van der Waals surface area contributed by atoms with E-state index in [-0.39, 0.29) is 24.1 Å². The maximum Gasteiger partial charge on any atom is 0.273 e. The van der Waals surface area contributed by atoms with Crippen LogP contribution in [0.5, 0.6) is 0 Å². The average molecular weight is 275 g/mol. The Hall–Kier alpha value is -2.18. The fraction of sp³-hybridized carbons (Fsp3) is 0.286. The van der Waals surface area contributed by atoms with E-state index in [1.165, 1.54) is 6.26 Å². The summed E-state index contributed by atoms with van der Waals surface area (Å²) in [6, 6.07) is 7.14. The minimum atomic E-state index is -0.715. The summed E-state index contributed by atoms with van der Waals surface area (Å²) in [5.41, 5.74) is 7.84. The number of carbonyl (C=O) groups excluding carboxylic acids is 1. The molecule has 1 atom stereocenters. The number of benzene rings is 1. The topological polar surface area (TPSA) is 101 Å². The number of rotatable bonds is 5. The van der Waals surface area contributed by atoms with Crippen molar-refractivity contribution < 1.29 is 14.3 Å². The van der Waals surface area contributed by atoms with Crippen LogP contribution in [0.25, 0.3) is 0 Å². The minimum absolute atomic E-state index is 0.146. The normalized spacial score (nSPS) is 12.2. The van der Waals surface area contributed by atoms with Crippen LogP contribution in [0.2, 0.25) is 0 Å². The fourth-order valence-corrected chi connectivity index (χ4v) is 1.74. The molecule has 106 valence electrons. The third kappa shape index (κ3) is 3.43. The zero-order chi connectivity index (χ0) is 14.5. The minimum Gasteiger partial charge on any atom is -0.446 e. The van der Waals surface area contributed by atoms with E-state index in [0.717, 1.165) is 11.1 Å². The molecule has 0 spiro atoms. The van der Waals surface area contributed by atoms with Gasteiger partial charge in [-0.3, -0.25) is 4.79 Å². The summed E-state index contributed by atoms with van der Waals surface area (Å²) in [5.74, 6) is -0.195. The molecular weight excluding hydrogens is 258 g/mol. The summed E-state index contributed by atoms with van der Waals surface area (Å²) in [4.78, 5) is 15.8. The second-order valence-electron chi connectivity index (χ2n) is 4.53. The first-order chi connectivity index (χ1) is 9.60. The molecule has 2 aromatic rings. The van der Waals surface area contributed by atoms with Crippen LogP contribution in [0.15, 0.2) is 34.9 Å². The van der Waals surface area contributed by atoms with Crippen molar-refractivity contribution in [1.29, 1.82) is 0 Å². The molecule has 0 saturated heterocycles. The maximum absolute atomic E-state index is 11.9. The Morgan fingerprint density at radius 3 is 3.05 bits per heavy atom. The van der Waals surface area contributed by atoms with E-state index in [1.807, 2.05) is 31.2 Å². The lowest BCUT2D eigenvalue weighted by Crippen LogP contribution is -2.23. The second kappa shape index (κ2) is 6.31. The van der Waals surface area contributed by atoms with Gasteiger partial charge < -0.3 is 20.6 Å². The van der Waals surface area contributed by atoms with Crippen molar-refractivity contribution in [3.63, 3.8) is 0 Å². The predicted octanol–water partition coefficient (Wildman–Crippen LogP) is 0.905. The summed E-state index contributed by atoms with van der Waals surface area (Å²) in [5, 5.41) is 11.6. The second-order valence-corrected chi connectivity index (χ2v) is 4.53. The van der Waals surface area contributed by atoms with Gasteiger partial charge in [0.15, 0.2) is 5.69 Å². The molecule has 1 aromatic heterocycles. The van der Waals surface area contributed by atoms with E-state index in [2.05, 4.69) is 10.3 Å². The Bertz CT molecular complexity index is 595. The zero-order valence-electron chi connectivity index (χ0n) is 11.2. The standard InChI is InChI=1S/C14H17N3O3/c1-9-3-2-4-10(5-9)6-16-13(19)12-8-20-14(17-12)11(15)7-18/h2-5,8,11,18H,6-7,15H2,1H3,(H,16,19). The Kier molecular flexibility index (Phi) is 4.49. The molecule has 2 rings (SSSR count). The van der Waals surface area contributed by atoms with Crippen molar-refractivity contribution >= 4 is 5.91 Å². The largest absolute Gasteiger partial charge is 0.446 e. The average Bonchev–Trinajstić information content (AvgIpc) is 2.94. The highest BCUT2D eigenvalue weighted by molar-refractivity contribution is 5.91. The van der Waals surface area contributed by atoms with Crippen molar-refractivity contribution in [2.24, 2.45) is 5.73 Å². The summed E-state index contributed by atoms with van der Waals surface area (Å²) in [6.45, 7) is 2.12. The van der Waals surface area contributed by atoms with Crippen molar-refractivity contribution in [3.05, 3.63) is 53.2 Å². The fourth-order valence-electron chi connectivity index (χ4n) is 1.74. The molecule has 1 aromatic carbocycles. The highest BCUT2D eigenvalue weighted by Gasteiger charge is 2.16. The molecule has 0 fully saturated rings. The number of nitrogens with zero attached hydrogens (tertiary/aromatic N) is 1. The van der Waals surface area contributed by atoms with E-state index in [4.69, 9.17) is 15.3 Å². The van der Waals surface area contributed by atoms with Crippen molar-refractivity contribution in [1.82, 2.24) is 10.3 Å². The Labute approximate surface area is 116 Å². The molecule has 0 aliphatic heterocycles. The first-order valence-electron chi connectivity index (χ1n) is 6.25. The van der Waals surface area contributed by atoms with Crippen LogP contribution in [-0.4, -0.2) is 22.6 Å². The Balaban J connectivity index is 1.96. The maximum atomic E-state index is 11.9. The molecule has 0 aliphatic rings. The van der Waals surface area contributed by atoms with Crippen molar-refractivity contribution in [2.45, 2.75) is 19.5 Å². The van der Waals surface area contributed by atoms with Crippen molar-refractivity contribution in [3.8, 4) is 0 Å². The zero-order valence-corrected chi connectivity index (χ0v) is 11.2. The lowest BCUT2D eigenvalue weighted by molar-refractivity contribution is 0.0945. The summed E-state index contributed by atoms with van der Waals surface area (Å²) >= 11 is 0. The number of aliphatic hydroxyl groups excluding tert-OH is 1. The number of carbonyl (C=O) groups is 1. The number of aryl methyl sites for hydroxylation is 1. The molecule has 4 N–H and O–H groups in total. The van der Waals surface area contributed by atoms with Gasteiger partial charge in [-0.1, -0.05) is 29.8 Å². The Morgan fingerprint density at radius 1 is 1.55 bits per heavy atom. The SMILES string of the molecule is Cc1cccc(CNC(=O)c2coc(C(N)CO)n2)c1. The highest BCUT2D eigenvalue weighted by Crippen LogP contribution is 2.10. The van der Waals surface area contributed by atoms with Gasteiger partial charge in [0.1, 0.15) is 12.3 Å². The summed E-state index contributed by atoms with van der Waals surface area (Å²) in [7, 11) is 0. The third-order valence-corrected chi connectivity index (χ3v) is 2.80. The first kappa shape index (κ1) is 14.2. The van der Waals surface area contributed by atoms with Crippen molar-refractivity contribution in [2.75, 3.05) is 6.61 Å². The van der Waals surface area contributed by atoms with Crippen LogP contribution in [-0.2, 0) is 6.54 Å². The smallest absolute Gasteiger partial charge is 0.273 e. The van der Waals surface area contributed by atoms with Crippen LogP contribution >= 0.6 is 0 Å². The highest BCUT2D eigenvalue weighted by atomic mass is 16.3. The van der Waals surface area contributed by atoms with E-state index in [1.54, 1.807) is 0 Å². The van der Waals surface area contributed by atoms with Crippen LogP contribution in [0.4, 0.5) is 0 Å². The molecule has 6 heteroatoms. The quantitative estimate of drug-likeness (QED) is 0.752. The Morgan fingerprint density at radius 2 is 2.35 bits per heavy atom. The monoisotopic (exact) mass is 275 g/mol. The lowest BCUT2D eigenvalue weighted by atomic mass is 10.1. The summed E-state index contributed by atoms with van der Waals surface area (Å²) in [6.07, 6.45) is 1.23. The molecular formula is C14H17N3O3. The summed E-state index contributed by atoms with van der Waals surface area (Å²) < 4.78 is 5.05. The van der Waals surface area contributed by atoms with Gasteiger partial charge in [-0.25, -0.2) is 4.98 Å². The van der Waals surface area contributed by atoms with Crippen LogP contribution in [0.1, 0.15) is 33.5 Å². The van der Waals surface area contributed by atoms with Gasteiger partial charge in [-0.05, 0) is 12.5 Å². The molecule has 0 bridgehead atoms. The van der Waals surface area contributed by atoms with E-state index < -0.39 is 6.04 Å². The molecule has 6 nitrogen and oxygen atoms in total. The predicted molar refractivity (Wildman–Crippen MR) is 72.9 cm³/mol. The van der Waals surface area contributed by atoms with Gasteiger partial charge in [-0.2, -0.15) is 0 Å². The van der Waals surface area contributed by atoms with Gasteiger partial charge in [0.2, 0.25) is 5.89 Å². The molecule has 0 aliphatic carbocycles. The van der Waals surface area contributed by atoms with E-state index in [0.29, 0.717) is 6.54 Å². The number of aliphatic hydroxyl groups is 1. The van der Waals surface area contributed by atoms with E-state index in [9.17, 15) is 4.79 Å². The number of nitrogens with two attached hydrogens (primary N) is 1. The van der Waals surface area contributed by atoms with Gasteiger partial charge in [-0.15, -0.1) is 0 Å². The van der Waals surface area contributed by atoms with Gasteiger partial charge in [0.05, 0.1) is 6.61 Å². The molecule has 0 saturated carbocycles. The number of hydrogen-bond acceptors (Lipinski definition) is 5.